The molecule has 4 nitrogen and oxygen atoms in total. The summed E-state index contributed by atoms with van der Waals surface area (Å²) < 4.78 is 1.96. The van der Waals surface area contributed by atoms with Gasteiger partial charge in [0.1, 0.15) is 4.83 Å². The van der Waals surface area contributed by atoms with E-state index in [9.17, 15) is 4.79 Å². The van der Waals surface area contributed by atoms with Crippen LogP contribution in [0.2, 0.25) is 0 Å². The molecule has 0 N–H and O–H groups in total. The van der Waals surface area contributed by atoms with E-state index in [0.29, 0.717) is 6.04 Å². The number of aromatic nitrogens is 2. The fraction of sp³-hybridized carbons (Fsp3) is 0.400. The highest BCUT2D eigenvalue weighted by Gasteiger charge is 2.26. The molecule has 3 aromatic rings. The second kappa shape index (κ2) is 6.30. The Balaban J connectivity index is 1.74. The molecule has 0 aliphatic carbocycles. The van der Waals surface area contributed by atoms with Gasteiger partial charge in [0.05, 0.1) is 16.3 Å². The van der Waals surface area contributed by atoms with Gasteiger partial charge in [-0.3, -0.25) is 4.79 Å². The number of amides is 1. The van der Waals surface area contributed by atoms with Gasteiger partial charge in [-0.2, -0.15) is 5.10 Å². The Hall–Kier alpha value is -2.14. The number of aryl methyl sites for hydroxylation is 2. The van der Waals surface area contributed by atoms with Gasteiger partial charge in [-0.05, 0) is 58.2 Å². The highest BCUT2D eigenvalue weighted by Crippen LogP contribution is 2.32. The standard InChI is InChI=1S/C20H23N3OS/c1-13-7-9-16(10-8-13)23-20-17(15(3)21-23)12-18(25-20)19(24)22-11-5-4-6-14(22)2/h7-10,12,14H,4-6,11H2,1-3H3/t14-/m1/s1. The molecule has 0 bridgehead atoms. The molecule has 0 spiro atoms. The Labute approximate surface area is 152 Å². The highest BCUT2D eigenvalue weighted by atomic mass is 32.1. The summed E-state index contributed by atoms with van der Waals surface area (Å²) in [6.45, 7) is 7.12. The molecule has 2 aromatic heterocycles. The van der Waals surface area contributed by atoms with E-state index in [1.165, 1.54) is 12.0 Å². The third-order valence-electron chi connectivity index (χ3n) is 5.10. The van der Waals surface area contributed by atoms with Gasteiger partial charge in [0, 0.05) is 18.0 Å². The first kappa shape index (κ1) is 16.3. The third kappa shape index (κ3) is 2.86. The molecule has 1 amide bonds. The maximum Gasteiger partial charge on any atom is 0.264 e. The second-order valence-corrected chi connectivity index (χ2v) is 8.04. The van der Waals surface area contributed by atoms with E-state index >= 15 is 0 Å². The lowest BCUT2D eigenvalue weighted by Gasteiger charge is -2.33. The topological polar surface area (TPSA) is 38.1 Å². The number of thiophene rings is 1. The number of rotatable bonds is 2. The van der Waals surface area contributed by atoms with E-state index in [-0.39, 0.29) is 5.91 Å². The summed E-state index contributed by atoms with van der Waals surface area (Å²) in [5.74, 6) is 0.170. The van der Waals surface area contributed by atoms with Crippen LogP contribution in [0.1, 0.15) is 47.1 Å². The molecule has 1 fully saturated rings. The maximum absolute atomic E-state index is 13.0. The number of nitrogens with zero attached hydrogens (tertiary/aromatic N) is 3. The minimum atomic E-state index is 0.170. The SMILES string of the molecule is Cc1ccc(-n2nc(C)c3cc(C(=O)N4CCCC[C@H]4C)sc32)cc1. The largest absolute Gasteiger partial charge is 0.335 e. The first-order valence-corrected chi connectivity index (χ1v) is 9.73. The van der Waals surface area contributed by atoms with Crippen LogP contribution in [0.5, 0.6) is 0 Å². The number of fused-ring (bicyclic) bond motifs is 1. The van der Waals surface area contributed by atoms with Crippen LogP contribution in [-0.4, -0.2) is 33.2 Å². The Morgan fingerprint density at radius 3 is 2.68 bits per heavy atom. The lowest BCUT2D eigenvalue weighted by molar-refractivity contribution is 0.0641. The number of hydrogen-bond donors (Lipinski definition) is 0. The second-order valence-electron chi connectivity index (χ2n) is 7.01. The van der Waals surface area contributed by atoms with Gasteiger partial charge < -0.3 is 4.90 Å². The molecular weight excluding hydrogens is 330 g/mol. The Kier molecular flexibility index (Phi) is 4.12. The number of piperidine rings is 1. The Bertz CT molecular complexity index is 922. The molecule has 25 heavy (non-hydrogen) atoms. The monoisotopic (exact) mass is 353 g/mol. The van der Waals surface area contributed by atoms with Crippen molar-refractivity contribution in [2.45, 2.75) is 46.1 Å². The summed E-state index contributed by atoms with van der Waals surface area (Å²) >= 11 is 1.56. The summed E-state index contributed by atoms with van der Waals surface area (Å²) in [5, 5.41) is 5.76. The summed E-state index contributed by atoms with van der Waals surface area (Å²) in [4.78, 5) is 16.9. The zero-order valence-electron chi connectivity index (χ0n) is 15.0. The quantitative estimate of drug-likeness (QED) is 0.669. The predicted molar refractivity (Wildman–Crippen MR) is 103 cm³/mol. The van der Waals surface area contributed by atoms with Crippen molar-refractivity contribution in [3.63, 3.8) is 0 Å². The Morgan fingerprint density at radius 1 is 1.20 bits per heavy atom. The van der Waals surface area contributed by atoms with Crippen LogP contribution in [0.4, 0.5) is 0 Å². The summed E-state index contributed by atoms with van der Waals surface area (Å²) in [7, 11) is 0. The van der Waals surface area contributed by atoms with Crippen molar-refractivity contribution < 1.29 is 4.79 Å². The van der Waals surface area contributed by atoms with Crippen LogP contribution in [0.25, 0.3) is 15.9 Å². The van der Waals surface area contributed by atoms with Crippen LogP contribution >= 0.6 is 11.3 Å². The summed E-state index contributed by atoms with van der Waals surface area (Å²) in [6.07, 6.45) is 3.43. The number of benzene rings is 1. The summed E-state index contributed by atoms with van der Waals surface area (Å²) in [5.41, 5.74) is 3.23. The molecule has 0 radical (unpaired) electrons. The van der Waals surface area contributed by atoms with Gasteiger partial charge in [-0.25, -0.2) is 4.68 Å². The molecule has 3 heterocycles. The average Bonchev–Trinajstić information content (AvgIpc) is 3.17. The number of likely N-dealkylation sites (tertiary alicyclic amines) is 1. The lowest BCUT2D eigenvalue weighted by atomic mass is 10.0. The molecule has 130 valence electrons. The molecular formula is C20H23N3OS. The minimum absolute atomic E-state index is 0.170. The van der Waals surface area contributed by atoms with Gasteiger partial charge in [-0.15, -0.1) is 11.3 Å². The van der Waals surface area contributed by atoms with Gasteiger partial charge in [-0.1, -0.05) is 17.7 Å². The maximum atomic E-state index is 13.0. The third-order valence-corrected chi connectivity index (χ3v) is 6.20. The van der Waals surface area contributed by atoms with Gasteiger partial charge >= 0.3 is 0 Å². The fourth-order valence-electron chi connectivity index (χ4n) is 3.55. The molecule has 1 aliphatic heterocycles. The van der Waals surface area contributed by atoms with Crippen LogP contribution in [0.15, 0.2) is 30.3 Å². The highest BCUT2D eigenvalue weighted by molar-refractivity contribution is 7.20. The van der Waals surface area contributed by atoms with Crippen molar-refractivity contribution >= 4 is 27.5 Å². The molecule has 1 aromatic carbocycles. The Morgan fingerprint density at radius 2 is 1.96 bits per heavy atom. The predicted octanol–water partition coefficient (Wildman–Crippen LogP) is 4.72. The summed E-state index contributed by atoms with van der Waals surface area (Å²) in [6, 6.07) is 10.7. The van der Waals surface area contributed by atoms with E-state index in [2.05, 4.69) is 43.2 Å². The van der Waals surface area contributed by atoms with Gasteiger partial charge in [0.2, 0.25) is 0 Å². The zero-order chi connectivity index (χ0) is 17.6. The van der Waals surface area contributed by atoms with Gasteiger partial charge in [0.15, 0.2) is 0 Å². The van der Waals surface area contributed by atoms with Crippen molar-refractivity contribution in [1.82, 2.24) is 14.7 Å². The van der Waals surface area contributed by atoms with Crippen LogP contribution in [-0.2, 0) is 0 Å². The molecule has 1 aliphatic rings. The fourth-order valence-corrected chi connectivity index (χ4v) is 4.69. The van der Waals surface area contributed by atoms with E-state index < -0.39 is 0 Å². The molecule has 1 atom stereocenters. The van der Waals surface area contributed by atoms with Crippen LogP contribution in [0, 0.1) is 13.8 Å². The van der Waals surface area contributed by atoms with Gasteiger partial charge in [0.25, 0.3) is 5.91 Å². The average molecular weight is 353 g/mol. The molecule has 4 rings (SSSR count). The van der Waals surface area contributed by atoms with Crippen molar-refractivity contribution in [2.75, 3.05) is 6.54 Å². The first-order chi connectivity index (χ1) is 12.0. The normalized spacial score (nSPS) is 18.0. The molecule has 0 unspecified atom stereocenters. The zero-order valence-corrected chi connectivity index (χ0v) is 15.8. The van der Waals surface area contributed by atoms with E-state index in [1.54, 1.807) is 11.3 Å². The molecule has 5 heteroatoms. The van der Waals surface area contributed by atoms with Crippen LogP contribution < -0.4 is 0 Å². The number of carbonyl (C=O) groups is 1. The van der Waals surface area contributed by atoms with Crippen molar-refractivity contribution in [1.29, 1.82) is 0 Å². The molecule has 0 saturated carbocycles. The molecule has 1 saturated heterocycles. The van der Waals surface area contributed by atoms with Crippen molar-refractivity contribution in [2.24, 2.45) is 0 Å². The lowest BCUT2D eigenvalue weighted by Crippen LogP contribution is -2.41. The number of hydrogen-bond acceptors (Lipinski definition) is 3. The minimum Gasteiger partial charge on any atom is -0.335 e. The first-order valence-electron chi connectivity index (χ1n) is 8.92. The number of carbonyl (C=O) groups excluding carboxylic acids is 1. The smallest absolute Gasteiger partial charge is 0.264 e. The van der Waals surface area contributed by atoms with Crippen molar-refractivity contribution in [3.05, 3.63) is 46.5 Å². The van der Waals surface area contributed by atoms with E-state index in [1.807, 2.05) is 22.6 Å². The van der Waals surface area contributed by atoms with Crippen molar-refractivity contribution in [3.8, 4) is 5.69 Å². The van der Waals surface area contributed by atoms with E-state index in [4.69, 9.17) is 0 Å². The van der Waals surface area contributed by atoms with Crippen LogP contribution in [0.3, 0.4) is 0 Å². The van der Waals surface area contributed by atoms with E-state index in [0.717, 1.165) is 45.9 Å².